The Kier molecular flexibility index (Phi) is 11.6. The third-order valence-corrected chi connectivity index (χ3v) is 4.91. The van der Waals surface area contributed by atoms with E-state index in [4.69, 9.17) is 0 Å². The molecule has 0 aromatic heterocycles. The standard InChI is InChI=1S/C22H35N3O3S/c1-5-6-13-25-21(28)29-19-11-8-7-10-18(19)20(27)24-14-9-12-23-16-17(26)15-22(2,3)4/h7-8,10-11,23H,5-6,9,12-16H2,1-4H3,(H,24,27)(H,25,28). The topological polar surface area (TPSA) is 87.3 Å². The smallest absolute Gasteiger partial charge is 0.283 e. The summed E-state index contributed by atoms with van der Waals surface area (Å²) in [7, 11) is 0. The Balaban J connectivity index is 2.36. The molecule has 7 heteroatoms. The SMILES string of the molecule is CCCCNC(=O)Sc1ccccc1C(=O)NCCCNCC(=O)CC(C)(C)C. The molecular weight excluding hydrogens is 386 g/mol. The van der Waals surface area contributed by atoms with Crippen LogP contribution < -0.4 is 16.0 Å². The summed E-state index contributed by atoms with van der Waals surface area (Å²) in [6.07, 6.45) is 3.23. The van der Waals surface area contributed by atoms with Gasteiger partial charge < -0.3 is 16.0 Å². The van der Waals surface area contributed by atoms with Gasteiger partial charge in [0.05, 0.1) is 12.1 Å². The van der Waals surface area contributed by atoms with Crippen LogP contribution in [0.3, 0.4) is 0 Å². The van der Waals surface area contributed by atoms with Crippen molar-refractivity contribution >= 4 is 28.7 Å². The highest BCUT2D eigenvalue weighted by Crippen LogP contribution is 2.23. The quantitative estimate of drug-likeness (QED) is 0.351. The molecule has 0 aliphatic rings. The summed E-state index contributed by atoms with van der Waals surface area (Å²) in [4.78, 5) is 37.0. The number of unbranched alkanes of at least 4 members (excludes halogenated alkanes) is 1. The predicted octanol–water partition coefficient (Wildman–Crippen LogP) is 4.00. The van der Waals surface area contributed by atoms with E-state index in [1.807, 2.05) is 26.8 Å². The fourth-order valence-electron chi connectivity index (χ4n) is 2.64. The molecule has 0 fully saturated rings. The Labute approximate surface area is 179 Å². The zero-order valence-corrected chi connectivity index (χ0v) is 18.9. The molecule has 1 aromatic rings. The van der Waals surface area contributed by atoms with Crippen LogP contribution in [0.1, 0.15) is 63.7 Å². The maximum atomic E-state index is 12.5. The van der Waals surface area contributed by atoms with Crippen molar-refractivity contribution in [3.8, 4) is 0 Å². The molecule has 3 N–H and O–H groups in total. The summed E-state index contributed by atoms with van der Waals surface area (Å²) in [5.74, 6) is 0.00275. The van der Waals surface area contributed by atoms with Crippen molar-refractivity contribution < 1.29 is 14.4 Å². The first kappa shape index (κ1) is 25.2. The van der Waals surface area contributed by atoms with Crippen LogP contribution in [0.15, 0.2) is 29.2 Å². The number of ketones is 1. The second-order valence-electron chi connectivity index (χ2n) is 8.23. The van der Waals surface area contributed by atoms with Gasteiger partial charge in [0.25, 0.3) is 11.1 Å². The molecule has 29 heavy (non-hydrogen) atoms. The van der Waals surface area contributed by atoms with Crippen molar-refractivity contribution in [2.24, 2.45) is 5.41 Å². The number of carbonyl (C=O) groups is 3. The minimum absolute atomic E-state index is 0.00500. The van der Waals surface area contributed by atoms with Crippen LogP contribution in [0.2, 0.25) is 0 Å². The minimum Gasteiger partial charge on any atom is -0.352 e. The molecular formula is C22H35N3O3S. The minimum atomic E-state index is -0.196. The molecule has 0 saturated heterocycles. The second-order valence-corrected chi connectivity index (χ2v) is 9.24. The molecule has 6 nitrogen and oxygen atoms in total. The lowest BCUT2D eigenvalue weighted by atomic mass is 9.90. The second kappa shape index (κ2) is 13.4. The van der Waals surface area contributed by atoms with Crippen molar-refractivity contribution in [1.82, 2.24) is 16.0 Å². The number of thioether (sulfide) groups is 1. The molecule has 0 aliphatic carbocycles. The first-order chi connectivity index (χ1) is 13.7. The number of carbonyl (C=O) groups excluding carboxylic acids is 3. The average Bonchev–Trinajstić information content (AvgIpc) is 2.63. The third kappa shape index (κ3) is 11.7. The largest absolute Gasteiger partial charge is 0.352 e. The average molecular weight is 422 g/mol. The van der Waals surface area contributed by atoms with Gasteiger partial charge in [0.2, 0.25) is 0 Å². The van der Waals surface area contributed by atoms with E-state index in [9.17, 15) is 14.4 Å². The highest BCUT2D eigenvalue weighted by Gasteiger charge is 2.16. The van der Waals surface area contributed by atoms with E-state index in [2.05, 4.69) is 22.9 Å². The Morgan fingerprint density at radius 1 is 0.966 bits per heavy atom. The molecule has 0 radical (unpaired) electrons. The van der Waals surface area contributed by atoms with Crippen LogP contribution in [0, 0.1) is 5.41 Å². The maximum Gasteiger partial charge on any atom is 0.283 e. The van der Waals surface area contributed by atoms with Gasteiger partial charge in [-0.1, -0.05) is 46.2 Å². The van der Waals surface area contributed by atoms with Crippen LogP contribution in [0.4, 0.5) is 4.79 Å². The molecule has 1 aromatic carbocycles. The van der Waals surface area contributed by atoms with E-state index >= 15 is 0 Å². The molecule has 0 atom stereocenters. The number of nitrogens with one attached hydrogen (secondary N) is 3. The zero-order valence-electron chi connectivity index (χ0n) is 18.1. The van der Waals surface area contributed by atoms with Crippen LogP contribution in [-0.4, -0.2) is 43.1 Å². The lowest BCUT2D eigenvalue weighted by Crippen LogP contribution is -2.30. The Morgan fingerprint density at radius 3 is 2.34 bits per heavy atom. The van der Waals surface area contributed by atoms with Crippen LogP contribution in [0.25, 0.3) is 0 Å². The van der Waals surface area contributed by atoms with Crippen LogP contribution in [-0.2, 0) is 4.79 Å². The van der Waals surface area contributed by atoms with Crippen molar-refractivity contribution in [2.45, 2.75) is 58.3 Å². The molecule has 0 unspecified atom stereocenters. The zero-order chi connectivity index (χ0) is 21.7. The highest BCUT2D eigenvalue weighted by molar-refractivity contribution is 8.13. The van der Waals surface area contributed by atoms with Crippen molar-refractivity contribution in [2.75, 3.05) is 26.2 Å². The van der Waals surface area contributed by atoms with E-state index in [1.165, 1.54) is 0 Å². The lowest BCUT2D eigenvalue weighted by Gasteiger charge is -2.16. The molecule has 0 spiro atoms. The van der Waals surface area contributed by atoms with Gasteiger partial charge in [-0.15, -0.1) is 0 Å². The van der Waals surface area contributed by atoms with E-state index in [-0.39, 0.29) is 22.3 Å². The third-order valence-electron chi connectivity index (χ3n) is 4.00. The number of hydrogen-bond donors (Lipinski definition) is 3. The van der Waals surface area contributed by atoms with Gasteiger partial charge in [0.1, 0.15) is 5.78 Å². The number of amides is 2. The summed E-state index contributed by atoms with van der Waals surface area (Å²) >= 11 is 1.04. The van der Waals surface area contributed by atoms with E-state index < -0.39 is 0 Å². The number of rotatable bonds is 12. The van der Waals surface area contributed by atoms with E-state index in [1.54, 1.807) is 18.2 Å². The van der Waals surface area contributed by atoms with Gasteiger partial charge in [0.15, 0.2) is 0 Å². The highest BCUT2D eigenvalue weighted by atomic mass is 32.2. The van der Waals surface area contributed by atoms with Crippen molar-refractivity contribution in [1.29, 1.82) is 0 Å². The first-order valence-electron chi connectivity index (χ1n) is 10.3. The summed E-state index contributed by atoms with van der Waals surface area (Å²) in [6.45, 7) is 10.4. The number of Topliss-reactive ketones (excluding diaryl/α,β-unsaturated/α-hetero) is 1. The van der Waals surface area contributed by atoms with Gasteiger partial charge >= 0.3 is 0 Å². The molecule has 0 aliphatic heterocycles. The first-order valence-corrected chi connectivity index (χ1v) is 11.1. The summed E-state index contributed by atoms with van der Waals surface area (Å²) in [5, 5.41) is 8.70. The summed E-state index contributed by atoms with van der Waals surface area (Å²) < 4.78 is 0. The summed E-state index contributed by atoms with van der Waals surface area (Å²) in [6, 6.07) is 7.11. The number of hydrogen-bond acceptors (Lipinski definition) is 5. The molecule has 1 rings (SSSR count). The fraction of sp³-hybridized carbons (Fsp3) is 0.591. The van der Waals surface area contributed by atoms with E-state index in [0.717, 1.165) is 31.0 Å². The van der Waals surface area contributed by atoms with Gasteiger partial charge in [-0.3, -0.25) is 14.4 Å². The van der Waals surface area contributed by atoms with Gasteiger partial charge in [0, 0.05) is 24.4 Å². The van der Waals surface area contributed by atoms with Crippen LogP contribution >= 0.6 is 11.8 Å². The summed E-state index contributed by atoms with van der Waals surface area (Å²) in [5.41, 5.74) is 0.502. The maximum absolute atomic E-state index is 12.5. The monoisotopic (exact) mass is 421 g/mol. The fourth-order valence-corrected chi connectivity index (χ4v) is 3.43. The predicted molar refractivity (Wildman–Crippen MR) is 120 cm³/mol. The molecule has 0 heterocycles. The van der Waals surface area contributed by atoms with Crippen molar-refractivity contribution in [3.63, 3.8) is 0 Å². The Bertz CT molecular complexity index is 672. The molecule has 0 saturated carbocycles. The van der Waals surface area contributed by atoms with Crippen LogP contribution in [0.5, 0.6) is 0 Å². The number of benzene rings is 1. The van der Waals surface area contributed by atoms with E-state index in [0.29, 0.717) is 43.1 Å². The van der Waals surface area contributed by atoms with Gasteiger partial charge in [-0.2, -0.15) is 0 Å². The lowest BCUT2D eigenvalue weighted by molar-refractivity contribution is -0.119. The Hall–Kier alpha value is -1.86. The normalized spacial score (nSPS) is 11.2. The molecule has 162 valence electrons. The molecule has 0 bridgehead atoms. The van der Waals surface area contributed by atoms with Gasteiger partial charge in [-0.25, -0.2) is 0 Å². The van der Waals surface area contributed by atoms with Gasteiger partial charge in [-0.05, 0) is 48.7 Å². The Morgan fingerprint density at radius 2 is 1.66 bits per heavy atom. The van der Waals surface area contributed by atoms with Crippen molar-refractivity contribution in [3.05, 3.63) is 29.8 Å². The molecule has 2 amide bonds.